The van der Waals surface area contributed by atoms with Gasteiger partial charge in [-0.15, -0.1) is 0 Å². The predicted molar refractivity (Wildman–Crippen MR) is 78.5 cm³/mol. The lowest BCUT2D eigenvalue weighted by atomic mass is 10.1. The molecule has 1 aromatic heterocycles. The number of hydrogen-bond acceptors (Lipinski definition) is 3. The first-order valence-corrected chi connectivity index (χ1v) is 6.95. The standard InChI is InChI=1S/C14H23N5/c1-10-13(19-14(15)16)8-11(9-18-10)6-7-17-12-4-2-3-5-12/h8-9,12,17H,2-7H2,1H3,(H4,15,16,19). The van der Waals surface area contributed by atoms with Gasteiger partial charge in [0.05, 0.1) is 11.4 Å². The molecule has 5 heteroatoms. The van der Waals surface area contributed by atoms with Crippen LogP contribution >= 0.6 is 0 Å². The van der Waals surface area contributed by atoms with Crippen molar-refractivity contribution < 1.29 is 0 Å². The van der Waals surface area contributed by atoms with Crippen LogP contribution in [0.3, 0.4) is 0 Å². The molecule has 0 amide bonds. The number of anilines is 1. The maximum atomic E-state index is 7.28. The molecule has 0 spiro atoms. The van der Waals surface area contributed by atoms with Crippen LogP contribution in [0.2, 0.25) is 0 Å². The molecule has 1 heterocycles. The molecule has 0 aliphatic heterocycles. The minimum Gasteiger partial charge on any atom is -0.370 e. The van der Waals surface area contributed by atoms with Gasteiger partial charge in [0.1, 0.15) is 0 Å². The van der Waals surface area contributed by atoms with E-state index < -0.39 is 0 Å². The Morgan fingerprint density at radius 1 is 1.47 bits per heavy atom. The second kappa shape index (κ2) is 6.52. The Morgan fingerprint density at radius 2 is 2.21 bits per heavy atom. The third-order valence-electron chi connectivity index (χ3n) is 3.61. The number of rotatable bonds is 5. The maximum Gasteiger partial charge on any atom is 0.190 e. The fraction of sp³-hybridized carbons (Fsp3) is 0.571. The van der Waals surface area contributed by atoms with Gasteiger partial charge in [-0.3, -0.25) is 10.4 Å². The third-order valence-corrected chi connectivity index (χ3v) is 3.61. The van der Waals surface area contributed by atoms with Gasteiger partial charge >= 0.3 is 0 Å². The molecule has 1 aromatic rings. The van der Waals surface area contributed by atoms with Crippen LogP contribution in [0.1, 0.15) is 36.9 Å². The summed E-state index contributed by atoms with van der Waals surface area (Å²) in [5.74, 6) is -0.0499. The van der Waals surface area contributed by atoms with Crippen molar-refractivity contribution in [2.45, 2.75) is 45.1 Å². The molecular formula is C14H23N5. The van der Waals surface area contributed by atoms with E-state index in [4.69, 9.17) is 11.1 Å². The summed E-state index contributed by atoms with van der Waals surface area (Å²) in [6, 6.07) is 2.73. The highest BCUT2D eigenvalue weighted by molar-refractivity contribution is 5.90. The van der Waals surface area contributed by atoms with Crippen LogP contribution in [0, 0.1) is 12.3 Å². The topological polar surface area (TPSA) is 86.8 Å². The van der Waals surface area contributed by atoms with Crippen molar-refractivity contribution in [2.75, 3.05) is 11.9 Å². The number of pyridine rings is 1. The summed E-state index contributed by atoms with van der Waals surface area (Å²) in [5, 5.41) is 13.7. The quantitative estimate of drug-likeness (QED) is 0.480. The number of aromatic nitrogens is 1. The van der Waals surface area contributed by atoms with Gasteiger partial charge in [-0.1, -0.05) is 12.8 Å². The molecule has 104 valence electrons. The van der Waals surface area contributed by atoms with E-state index in [1.807, 2.05) is 19.2 Å². The van der Waals surface area contributed by atoms with Crippen molar-refractivity contribution in [3.05, 3.63) is 23.5 Å². The normalized spacial score (nSPS) is 15.6. The van der Waals surface area contributed by atoms with Crippen molar-refractivity contribution in [1.29, 1.82) is 5.41 Å². The molecule has 1 aliphatic carbocycles. The molecular weight excluding hydrogens is 238 g/mol. The van der Waals surface area contributed by atoms with E-state index in [0.717, 1.165) is 24.3 Å². The highest BCUT2D eigenvalue weighted by Gasteiger charge is 2.13. The molecule has 19 heavy (non-hydrogen) atoms. The molecule has 0 saturated heterocycles. The zero-order chi connectivity index (χ0) is 13.7. The second-order valence-electron chi connectivity index (χ2n) is 5.20. The molecule has 2 rings (SSSR count). The predicted octanol–water partition coefficient (Wildman–Crippen LogP) is 1.77. The van der Waals surface area contributed by atoms with Crippen LogP contribution in [0.4, 0.5) is 5.69 Å². The van der Waals surface area contributed by atoms with Crippen molar-refractivity contribution in [3.63, 3.8) is 0 Å². The third kappa shape index (κ3) is 4.21. The Kier molecular flexibility index (Phi) is 4.74. The molecule has 0 atom stereocenters. The number of nitrogens with zero attached hydrogens (tertiary/aromatic N) is 1. The van der Waals surface area contributed by atoms with Gasteiger partial charge in [0, 0.05) is 12.2 Å². The van der Waals surface area contributed by atoms with Crippen molar-refractivity contribution in [3.8, 4) is 0 Å². The first-order chi connectivity index (χ1) is 9.15. The number of nitrogens with one attached hydrogen (secondary N) is 3. The van der Waals surface area contributed by atoms with Gasteiger partial charge < -0.3 is 16.4 Å². The lowest BCUT2D eigenvalue weighted by Gasteiger charge is -2.13. The summed E-state index contributed by atoms with van der Waals surface area (Å²) < 4.78 is 0. The molecule has 5 N–H and O–H groups in total. The van der Waals surface area contributed by atoms with Crippen LogP contribution in [-0.4, -0.2) is 23.5 Å². The highest BCUT2D eigenvalue weighted by atomic mass is 15.1. The summed E-state index contributed by atoms with van der Waals surface area (Å²) >= 11 is 0. The molecule has 1 aliphatic rings. The number of hydrogen-bond donors (Lipinski definition) is 4. The van der Waals surface area contributed by atoms with E-state index in [9.17, 15) is 0 Å². The maximum absolute atomic E-state index is 7.28. The Bertz CT molecular complexity index is 437. The van der Waals surface area contributed by atoms with E-state index in [2.05, 4.69) is 15.6 Å². The van der Waals surface area contributed by atoms with Gasteiger partial charge in [0.15, 0.2) is 5.96 Å². The first-order valence-electron chi connectivity index (χ1n) is 6.95. The molecule has 5 nitrogen and oxygen atoms in total. The zero-order valence-corrected chi connectivity index (χ0v) is 11.5. The lowest BCUT2D eigenvalue weighted by molar-refractivity contribution is 0.527. The molecule has 1 fully saturated rings. The van der Waals surface area contributed by atoms with E-state index in [1.54, 1.807) is 0 Å². The Hall–Kier alpha value is -1.62. The first kappa shape index (κ1) is 13.8. The average Bonchev–Trinajstić information content (AvgIpc) is 2.86. The second-order valence-corrected chi connectivity index (χ2v) is 5.20. The van der Waals surface area contributed by atoms with Crippen LogP contribution in [0.25, 0.3) is 0 Å². The van der Waals surface area contributed by atoms with Gasteiger partial charge in [-0.25, -0.2) is 0 Å². The Labute approximate surface area is 114 Å². The fourth-order valence-electron chi connectivity index (χ4n) is 2.54. The van der Waals surface area contributed by atoms with E-state index >= 15 is 0 Å². The highest BCUT2D eigenvalue weighted by Crippen LogP contribution is 2.18. The Balaban J connectivity index is 1.87. The minimum absolute atomic E-state index is 0.0499. The summed E-state index contributed by atoms with van der Waals surface area (Å²) in [6.45, 7) is 2.89. The fourth-order valence-corrected chi connectivity index (χ4v) is 2.54. The van der Waals surface area contributed by atoms with E-state index in [0.29, 0.717) is 6.04 Å². The van der Waals surface area contributed by atoms with Gasteiger partial charge in [-0.2, -0.15) is 0 Å². The summed E-state index contributed by atoms with van der Waals surface area (Å²) in [5.41, 5.74) is 8.21. The minimum atomic E-state index is -0.0499. The van der Waals surface area contributed by atoms with E-state index in [-0.39, 0.29) is 5.96 Å². The number of guanidine groups is 1. The smallest absolute Gasteiger partial charge is 0.190 e. The number of nitrogens with two attached hydrogens (primary N) is 1. The largest absolute Gasteiger partial charge is 0.370 e. The van der Waals surface area contributed by atoms with Crippen LogP contribution in [0.15, 0.2) is 12.3 Å². The monoisotopic (exact) mass is 261 g/mol. The van der Waals surface area contributed by atoms with Crippen LogP contribution < -0.4 is 16.4 Å². The molecule has 0 unspecified atom stereocenters. The number of aryl methyl sites for hydroxylation is 1. The van der Waals surface area contributed by atoms with Crippen molar-refractivity contribution in [2.24, 2.45) is 5.73 Å². The van der Waals surface area contributed by atoms with Crippen LogP contribution in [-0.2, 0) is 6.42 Å². The molecule has 0 aromatic carbocycles. The zero-order valence-electron chi connectivity index (χ0n) is 11.5. The van der Waals surface area contributed by atoms with Gasteiger partial charge in [0.25, 0.3) is 0 Å². The SMILES string of the molecule is Cc1ncc(CCNC2CCCC2)cc1NC(=N)N. The summed E-state index contributed by atoms with van der Waals surface area (Å²) in [7, 11) is 0. The van der Waals surface area contributed by atoms with Gasteiger partial charge in [0.2, 0.25) is 0 Å². The van der Waals surface area contributed by atoms with Crippen LogP contribution in [0.5, 0.6) is 0 Å². The summed E-state index contributed by atoms with van der Waals surface area (Å²) in [4.78, 5) is 4.34. The summed E-state index contributed by atoms with van der Waals surface area (Å²) in [6.07, 6.45) is 8.19. The molecule has 0 bridgehead atoms. The van der Waals surface area contributed by atoms with E-state index in [1.165, 1.54) is 31.2 Å². The van der Waals surface area contributed by atoms with Crippen molar-refractivity contribution in [1.82, 2.24) is 10.3 Å². The Morgan fingerprint density at radius 3 is 2.89 bits per heavy atom. The average molecular weight is 261 g/mol. The van der Waals surface area contributed by atoms with Gasteiger partial charge in [-0.05, 0) is 44.4 Å². The molecule has 1 saturated carbocycles. The lowest BCUT2D eigenvalue weighted by Crippen LogP contribution is -2.28. The molecule has 0 radical (unpaired) electrons. The van der Waals surface area contributed by atoms with Crippen molar-refractivity contribution >= 4 is 11.6 Å².